The molecular formula is C39H40ClN6O9PS. The van der Waals surface area contributed by atoms with E-state index in [1.807, 2.05) is 30.3 Å². The Balaban J connectivity index is 1.27. The molecule has 0 radical (unpaired) electrons. The molecule has 2 fully saturated rings. The van der Waals surface area contributed by atoms with Crippen molar-refractivity contribution in [3.05, 3.63) is 144 Å². The minimum absolute atomic E-state index is 0.00967. The summed E-state index contributed by atoms with van der Waals surface area (Å²) in [5.74, 6) is -0.856. The Morgan fingerprint density at radius 2 is 1.65 bits per heavy atom. The minimum atomic E-state index is -4.87. The summed E-state index contributed by atoms with van der Waals surface area (Å²) in [6.45, 7) is 3.77. The third kappa shape index (κ3) is 8.53. The van der Waals surface area contributed by atoms with E-state index in [4.69, 9.17) is 16.1 Å². The van der Waals surface area contributed by atoms with Crippen LogP contribution in [0.2, 0.25) is 5.02 Å². The van der Waals surface area contributed by atoms with E-state index in [0.29, 0.717) is 27.1 Å². The molecule has 2 saturated heterocycles. The van der Waals surface area contributed by atoms with Crippen LogP contribution in [0.15, 0.2) is 127 Å². The number of nitrogens with one attached hydrogen (secondary N) is 1. The fraction of sp³-hybridized carbons (Fsp3) is 0.205. The van der Waals surface area contributed by atoms with Crippen LogP contribution in [0.1, 0.15) is 16.7 Å². The number of urea groups is 1. The maximum absolute atomic E-state index is 14.7. The van der Waals surface area contributed by atoms with Gasteiger partial charge in [-0.05, 0) is 35.9 Å². The van der Waals surface area contributed by atoms with Crippen LogP contribution in [0.25, 0.3) is 10.9 Å². The smallest absolute Gasteiger partial charge is 0.0622 e. The summed E-state index contributed by atoms with van der Waals surface area (Å²) in [7, 11) is -8.98. The summed E-state index contributed by atoms with van der Waals surface area (Å²) in [6, 6.07) is 26.4. The second-order valence-electron chi connectivity index (χ2n) is 13.6. The second-order valence-corrected chi connectivity index (χ2v) is 17.2. The molecule has 2 atom stereocenters. The zero-order valence-electron chi connectivity index (χ0n) is 30.4. The van der Waals surface area contributed by atoms with E-state index < -0.39 is 48.2 Å². The molecule has 18 heteroatoms. The first-order valence-corrected chi connectivity index (χ1v) is 21.4. The van der Waals surface area contributed by atoms with Crippen LogP contribution >= 0.6 is 19.8 Å². The Kier molecular flexibility index (Phi) is 11.4. The fourth-order valence-corrected chi connectivity index (χ4v) is 9.23. The third-order valence-electron chi connectivity index (χ3n) is 9.76. The number of carbonyl (C=O) groups excluding carboxylic acids is 3. The molecule has 4 N–H and O–H groups in total. The van der Waals surface area contributed by atoms with Gasteiger partial charge in [0.25, 0.3) is 10.0 Å². The molecule has 4 aromatic carbocycles. The van der Waals surface area contributed by atoms with Crippen LogP contribution < -0.4 is 9.84 Å². The molecule has 1 aromatic heterocycles. The van der Waals surface area contributed by atoms with E-state index in [0.717, 1.165) is 5.56 Å². The van der Waals surface area contributed by atoms with Crippen LogP contribution in [0.4, 0.5) is 4.79 Å². The Morgan fingerprint density at radius 3 is 2.33 bits per heavy atom. The van der Waals surface area contributed by atoms with Crippen molar-refractivity contribution in [2.45, 2.75) is 36.6 Å². The van der Waals surface area contributed by atoms with Gasteiger partial charge in [0.2, 0.25) is 0 Å². The van der Waals surface area contributed by atoms with Gasteiger partial charge in [0.15, 0.2) is 0 Å². The molecule has 298 valence electrons. The number of hydrazine groups is 1. The SMILES string of the molecule is C=CCN1CC(=O)N2[C@@H](Cc3ccc(O[PH](O)(O)O)cc3)C(=O)N(Cc3cccc4ccn(S(=O)(=O)c5ccc(Cl)cc5)c34)C[C@@H]2N1C(=O)NCc1ccccc1. The molecule has 15 nitrogen and oxygen atoms in total. The van der Waals surface area contributed by atoms with Gasteiger partial charge < -0.3 is 0 Å². The van der Waals surface area contributed by atoms with Gasteiger partial charge in [-0.1, -0.05) is 60.1 Å². The minimum Gasteiger partial charge on any atom is -0.0622 e. The Labute approximate surface area is 334 Å². The van der Waals surface area contributed by atoms with E-state index in [2.05, 4.69) is 11.9 Å². The zero-order valence-corrected chi connectivity index (χ0v) is 33.0. The molecule has 7 rings (SSSR count). The quantitative estimate of drug-likeness (QED) is 0.106. The fourth-order valence-electron chi connectivity index (χ4n) is 7.26. The normalized spacial score (nSPS) is 18.1. The predicted octanol–water partition coefficient (Wildman–Crippen LogP) is 4.03. The van der Waals surface area contributed by atoms with Gasteiger partial charge in [0.05, 0.1) is 4.90 Å². The zero-order chi connectivity index (χ0) is 40.5. The second kappa shape index (κ2) is 16.3. The standard InChI is InChI=1S/C39H40ClN6O9PS/c1-2-20-43-26-36(47)45-34(22-27-11-15-32(16-12-27)55-56(50,51)52)38(48)42(25-35(45)46(43)39(49)41-23-28-7-4-3-5-8-28)24-30-10-6-9-29-19-21-44(37(29)30)57(53,54)33-17-13-31(40)14-18-33/h2-19,21,34-35,50-52,56H,1,20,22-26H2,(H,41,49)/t34-,35-/m0/s1. The molecule has 0 saturated carbocycles. The predicted molar refractivity (Wildman–Crippen MR) is 214 cm³/mol. The molecule has 5 aromatic rings. The molecule has 2 aliphatic heterocycles. The molecule has 0 spiro atoms. The van der Waals surface area contributed by atoms with E-state index in [-0.39, 0.29) is 49.8 Å². The molecular weight excluding hydrogens is 795 g/mol. The molecule has 0 unspecified atom stereocenters. The van der Waals surface area contributed by atoms with Crippen molar-refractivity contribution in [1.82, 2.24) is 29.1 Å². The number of piperazine rings is 1. The van der Waals surface area contributed by atoms with Gasteiger partial charge in [-0.3, -0.25) is 0 Å². The number of hydrogen-bond donors (Lipinski definition) is 4. The third-order valence-corrected chi connectivity index (χ3v) is 12.2. The first-order valence-electron chi connectivity index (χ1n) is 17.9. The number of halogens is 1. The van der Waals surface area contributed by atoms with E-state index >= 15 is 0 Å². The number of nitrogens with zero attached hydrogens (tertiary/aromatic N) is 5. The van der Waals surface area contributed by atoms with Crippen LogP contribution in [0.5, 0.6) is 5.75 Å². The first-order chi connectivity index (χ1) is 27.2. The van der Waals surface area contributed by atoms with E-state index in [9.17, 15) is 37.5 Å². The number of para-hydroxylation sites is 1. The van der Waals surface area contributed by atoms with E-state index in [1.165, 1.54) is 61.4 Å². The average molecular weight is 835 g/mol. The maximum atomic E-state index is 14.7. The van der Waals surface area contributed by atoms with Crippen molar-refractivity contribution >= 4 is 58.5 Å². The average Bonchev–Trinajstić information content (AvgIpc) is 3.63. The number of aromatic nitrogens is 1. The molecule has 2 aliphatic rings. The topological polar surface area (TPSA) is 185 Å². The van der Waals surface area contributed by atoms with Crippen molar-refractivity contribution in [1.29, 1.82) is 0 Å². The monoisotopic (exact) mass is 834 g/mol. The molecule has 0 bridgehead atoms. The summed E-state index contributed by atoms with van der Waals surface area (Å²) >= 11 is 6.05. The van der Waals surface area contributed by atoms with Crippen LogP contribution in [-0.2, 0) is 39.1 Å². The summed E-state index contributed by atoms with van der Waals surface area (Å²) in [4.78, 5) is 74.2. The number of carbonyl (C=O) groups is 3. The van der Waals surface area contributed by atoms with Crippen LogP contribution in [0.3, 0.4) is 0 Å². The van der Waals surface area contributed by atoms with Crippen molar-refractivity contribution in [3.63, 3.8) is 0 Å². The number of rotatable bonds is 12. The Morgan fingerprint density at radius 1 is 0.930 bits per heavy atom. The summed E-state index contributed by atoms with van der Waals surface area (Å²) < 4.78 is 33.9. The van der Waals surface area contributed by atoms with Crippen molar-refractivity contribution < 1.29 is 42.0 Å². The van der Waals surface area contributed by atoms with Gasteiger partial charge in [0.1, 0.15) is 0 Å². The van der Waals surface area contributed by atoms with Gasteiger partial charge >= 0.3 is 182 Å². The van der Waals surface area contributed by atoms with Gasteiger partial charge in [0, 0.05) is 23.2 Å². The van der Waals surface area contributed by atoms with Gasteiger partial charge in [-0.15, -0.1) is 6.58 Å². The number of benzene rings is 4. The Hall–Kier alpha value is -5.32. The van der Waals surface area contributed by atoms with Crippen molar-refractivity contribution in [2.75, 3.05) is 19.6 Å². The molecule has 3 heterocycles. The number of amides is 4. The summed E-state index contributed by atoms with van der Waals surface area (Å²) in [6.07, 6.45) is 2.04. The van der Waals surface area contributed by atoms with Crippen molar-refractivity contribution in [2.24, 2.45) is 0 Å². The number of fused-ring (bicyclic) bond motifs is 2. The Bertz CT molecular complexity index is 2410. The van der Waals surface area contributed by atoms with Gasteiger partial charge in [-0.25, -0.2) is 12.4 Å². The van der Waals surface area contributed by atoms with E-state index in [1.54, 1.807) is 47.5 Å². The van der Waals surface area contributed by atoms with Crippen LogP contribution in [0, 0.1) is 0 Å². The number of hydrogen-bond acceptors (Lipinski definition) is 10. The summed E-state index contributed by atoms with van der Waals surface area (Å²) in [5, 5.41) is 6.96. The first kappa shape index (κ1) is 39.9. The van der Waals surface area contributed by atoms with Crippen LogP contribution in [-0.4, -0.2) is 96.6 Å². The summed E-state index contributed by atoms with van der Waals surface area (Å²) in [5.41, 5.74) is 2.28. The van der Waals surface area contributed by atoms with Gasteiger partial charge in [-0.2, -0.15) is 0 Å². The molecule has 57 heavy (non-hydrogen) atoms. The molecule has 0 aliphatic carbocycles. The molecule has 4 amide bonds. The van der Waals surface area contributed by atoms with Crippen molar-refractivity contribution in [3.8, 4) is 5.75 Å².